The number of ether oxygens (including phenoxy) is 1. The van der Waals surface area contributed by atoms with E-state index in [9.17, 15) is 4.79 Å². The lowest BCUT2D eigenvalue weighted by Gasteiger charge is -2.25. The summed E-state index contributed by atoms with van der Waals surface area (Å²) in [6, 6.07) is 13.8. The number of aliphatic carboxylic acids is 1. The maximum Gasteiger partial charge on any atom is 0.310 e. The van der Waals surface area contributed by atoms with Crippen LogP contribution >= 0.6 is 0 Å². The van der Waals surface area contributed by atoms with Crippen LogP contribution < -0.4 is 0 Å². The monoisotopic (exact) mass is 390 g/mol. The quantitative estimate of drug-likeness (QED) is 0.673. The predicted octanol–water partition coefficient (Wildman–Crippen LogP) is 5.63. The fourth-order valence-electron chi connectivity index (χ4n) is 3.35. The minimum absolute atomic E-state index is 0.111. The van der Waals surface area contributed by atoms with Gasteiger partial charge in [0.2, 0.25) is 0 Å². The summed E-state index contributed by atoms with van der Waals surface area (Å²) in [4.78, 5) is 11.1. The predicted molar refractivity (Wildman–Crippen MR) is 116 cm³/mol. The van der Waals surface area contributed by atoms with E-state index in [1.807, 2.05) is 24.3 Å². The Kier molecular flexibility index (Phi) is 5.87. The van der Waals surface area contributed by atoms with Crippen LogP contribution in [0.1, 0.15) is 74.3 Å². The Hall–Kier alpha value is -2.57. The number of carboxylic acids is 1. The number of carboxylic acid groups (broad SMARTS) is 1. The van der Waals surface area contributed by atoms with Crippen molar-refractivity contribution in [3.05, 3.63) is 70.3 Å². The third-order valence-corrected chi connectivity index (χ3v) is 5.34. The fraction of sp³-hybridized carbons (Fsp3) is 0.423. The lowest BCUT2D eigenvalue weighted by molar-refractivity contribution is -0.138. The molecule has 1 aliphatic carbocycles. The van der Waals surface area contributed by atoms with Crippen LogP contribution in [0.15, 0.2) is 42.5 Å². The van der Waals surface area contributed by atoms with Crippen molar-refractivity contribution in [2.24, 2.45) is 5.41 Å². The molecule has 2 aromatic carbocycles. The highest BCUT2D eigenvalue weighted by atomic mass is 16.5. The molecule has 0 aliphatic heterocycles. The summed E-state index contributed by atoms with van der Waals surface area (Å²) in [6.07, 6.45) is 2.16. The van der Waals surface area contributed by atoms with E-state index in [1.165, 1.54) is 11.1 Å². The van der Waals surface area contributed by atoms with E-state index in [4.69, 9.17) is 9.84 Å². The van der Waals surface area contributed by atoms with Crippen LogP contribution in [0.2, 0.25) is 0 Å². The number of aryl methyl sites for hydroxylation is 1. The minimum Gasteiger partial charge on any atom is -0.481 e. The van der Waals surface area contributed by atoms with Crippen molar-refractivity contribution in [3.63, 3.8) is 0 Å². The summed E-state index contributed by atoms with van der Waals surface area (Å²) >= 11 is 0. The molecule has 1 N–H and O–H groups in total. The molecule has 1 saturated carbocycles. The number of carbonyl (C=O) groups is 1. The highest BCUT2D eigenvalue weighted by molar-refractivity contribution is 5.75. The molecule has 3 nitrogen and oxygen atoms in total. The van der Waals surface area contributed by atoms with Crippen LogP contribution in [-0.2, 0) is 15.1 Å². The standard InChI is InChI=1S/C26H30O3/c1-18-16-21(7-6-20-8-11-22(12-9-20)19(2)24(27)28)10-13-23(18)26(14-15-26)29-17-25(3,4)5/h8-13,16,19H,14-15,17H2,1-5H3,(H,27,28). The average molecular weight is 391 g/mol. The van der Waals surface area contributed by atoms with Gasteiger partial charge in [0.1, 0.15) is 0 Å². The first-order valence-corrected chi connectivity index (χ1v) is 10.2. The third-order valence-electron chi connectivity index (χ3n) is 5.34. The van der Waals surface area contributed by atoms with Crippen LogP contribution in [0.25, 0.3) is 0 Å². The molecule has 0 radical (unpaired) electrons. The lowest BCUT2D eigenvalue weighted by atomic mass is 9.96. The molecule has 29 heavy (non-hydrogen) atoms. The first-order chi connectivity index (χ1) is 13.6. The molecule has 1 unspecified atom stereocenters. The zero-order valence-corrected chi connectivity index (χ0v) is 18.0. The topological polar surface area (TPSA) is 46.5 Å². The molecule has 1 fully saturated rings. The van der Waals surface area contributed by atoms with Gasteiger partial charge >= 0.3 is 5.97 Å². The van der Waals surface area contributed by atoms with E-state index in [1.54, 1.807) is 6.92 Å². The summed E-state index contributed by atoms with van der Waals surface area (Å²) < 4.78 is 6.31. The first-order valence-electron chi connectivity index (χ1n) is 10.2. The van der Waals surface area contributed by atoms with Gasteiger partial charge in [-0.05, 0) is 73.1 Å². The van der Waals surface area contributed by atoms with Gasteiger partial charge in [-0.1, -0.05) is 50.8 Å². The van der Waals surface area contributed by atoms with Gasteiger partial charge in [0, 0.05) is 11.1 Å². The summed E-state index contributed by atoms with van der Waals surface area (Å²) in [6.45, 7) is 11.2. The Labute approximate surface area is 174 Å². The first kappa shape index (κ1) is 21.1. The lowest BCUT2D eigenvalue weighted by Crippen LogP contribution is -2.22. The van der Waals surface area contributed by atoms with Gasteiger partial charge in [-0.25, -0.2) is 0 Å². The molecule has 3 rings (SSSR count). The Morgan fingerprint density at radius 3 is 2.21 bits per heavy atom. The van der Waals surface area contributed by atoms with Crippen LogP contribution in [0.3, 0.4) is 0 Å². The Balaban J connectivity index is 1.73. The van der Waals surface area contributed by atoms with Crippen molar-refractivity contribution in [3.8, 4) is 11.8 Å². The maximum absolute atomic E-state index is 11.1. The molecule has 1 aliphatic rings. The van der Waals surface area contributed by atoms with Crippen LogP contribution in [0, 0.1) is 24.2 Å². The SMILES string of the molecule is Cc1cc(C#Cc2ccc(C(C)C(=O)O)cc2)ccc1C1(OCC(C)(C)C)CC1. The molecule has 3 heteroatoms. The van der Waals surface area contributed by atoms with Gasteiger partial charge in [-0.3, -0.25) is 4.79 Å². The summed E-state index contributed by atoms with van der Waals surface area (Å²) in [5, 5.41) is 9.10. The zero-order valence-electron chi connectivity index (χ0n) is 18.0. The number of rotatable bonds is 5. The van der Waals surface area contributed by atoms with Crippen LogP contribution in [-0.4, -0.2) is 17.7 Å². The zero-order chi connectivity index (χ0) is 21.2. The van der Waals surface area contributed by atoms with Crippen molar-refractivity contribution in [1.82, 2.24) is 0 Å². The van der Waals surface area contributed by atoms with Gasteiger partial charge < -0.3 is 9.84 Å². The highest BCUT2D eigenvalue weighted by Gasteiger charge is 2.47. The van der Waals surface area contributed by atoms with E-state index < -0.39 is 11.9 Å². The summed E-state index contributed by atoms with van der Waals surface area (Å²) in [5.74, 6) is 5.06. The number of hydrogen-bond donors (Lipinski definition) is 1. The number of hydrogen-bond acceptors (Lipinski definition) is 2. The summed E-state index contributed by atoms with van der Waals surface area (Å²) in [5.41, 5.74) is 5.18. The van der Waals surface area contributed by atoms with Crippen molar-refractivity contribution in [2.75, 3.05) is 6.61 Å². The van der Waals surface area contributed by atoms with Crippen LogP contribution in [0.4, 0.5) is 0 Å². The molecule has 0 spiro atoms. The Morgan fingerprint density at radius 2 is 1.69 bits per heavy atom. The molecule has 1 atom stereocenters. The second kappa shape index (κ2) is 8.05. The van der Waals surface area contributed by atoms with Crippen molar-refractivity contribution < 1.29 is 14.6 Å². The summed E-state index contributed by atoms with van der Waals surface area (Å²) in [7, 11) is 0. The van der Waals surface area contributed by atoms with Gasteiger partial charge in [0.25, 0.3) is 0 Å². The third kappa shape index (κ3) is 5.28. The van der Waals surface area contributed by atoms with E-state index in [0.717, 1.165) is 36.1 Å². The second-order valence-corrected chi connectivity index (χ2v) is 9.31. The van der Waals surface area contributed by atoms with Crippen molar-refractivity contribution in [1.29, 1.82) is 0 Å². The molecule has 0 aromatic heterocycles. The smallest absolute Gasteiger partial charge is 0.310 e. The van der Waals surface area contributed by atoms with Gasteiger partial charge in [0.15, 0.2) is 0 Å². The Morgan fingerprint density at radius 1 is 1.10 bits per heavy atom. The number of benzene rings is 2. The molecule has 2 aromatic rings. The minimum atomic E-state index is -0.820. The van der Waals surface area contributed by atoms with Crippen LogP contribution in [0.5, 0.6) is 0 Å². The largest absolute Gasteiger partial charge is 0.481 e. The highest BCUT2D eigenvalue weighted by Crippen LogP contribution is 2.51. The Bertz CT molecular complexity index is 948. The van der Waals surface area contributed by atoms with E-state index in [2.05, 4.69) is 57.7 Å². The van der Waals surface area contributed by atoms with Gasteiger partial charge in [0.05, 0.1) is 18.1 Å². The van der Waals surface area contributed by atoms with E-state index >= 15 is 0 Å². The fourth-order valence-corrected chi connectivity index (χ4v) is 3.35. The van der Waals surface area contributed by atoms with Gasteiger partial charge in [-0.15, -0.1) is 0 Å². The average Bonchev–Trinajstić information content (AvgIpc) is 3.45. The van der Waals surface area contributed by atoms with Crippen molar-refractivity contribution >= 4 is 5.97 Å². The molecular formula is C26H30O3. The molecule has 0 amide bonds. The normalized spacial score (nSPS) is 15.9. The van der Waals surface area contributed by atoms with E-state index in [-0.39, 0.29) is 11.0 Å². The van der Waals surface area contributed by atoms with Crippen molar-refractivity contribution in [2.45, 2.75) is 59.0 Å². The molecule has 0 bridgehead atoms. The van der Waals surface area contributed by atoms with Gasteiger partial charge in [-0.2, -0.15) is 0 Å². The van der Waals surface area contributed by atoms with E-state index in [0.29, 0.717) is 0 Å². The molecule has 0 heterocycles. The molecule has 0 saturated heterocycles. The second-order valence-electron chi connectivity index (χ2n) is 9.31. The maximum atomic E-state index is 11.1. The molecule has 152 valence electrons. The molecular weight excluding hydrogens is 360 g/mol.